The summed E-state index contributed by atoms with van der Waals surface area (Å²) in [6.07, 6.45) is 0. The van der Waals surface area contributed by atoms with Crippen molar-refractivity contribution in [2.24, 2.45) is 5.92 Å². The lowest BCUT2D eigenvalue weighted by Gasteiger charge is -2.31. The molecule has 0 saturated carbocycles. The van der Waals surface area contributed by atoms with Crippen LogP contribution in [0.1, 0.15) is 13.8 Å². The maximum absolute atomic E-state index is 10.9. The molecular weight excluding hydrogens is 184 g/mol. The van der Waals surface area contributed by atoms with Crippen LogP contribution in [0.5, 0.6) is 0 Å². The van der Waals surface area contributed by atoms with Crippen molar-refractivity contribution in [3.63, 3.8) is 0 Å². The number of carboxylic acid groups (broad SMARTS) is 1. The summed E-state index contributed by atoms with van der Waals surface area (Å²) in [4.78, 5) is 10.9. The summed E-state index contributed by atoms with van der Waals surface area (Å²) >= 11 is 0. The van der Waals surface area contributed by atoms with E-state index in [9.17, 15) is 4.79 Å². The van der Waals surface area contributed by atoms with Gasteiger partial charge in [0.05, 0.1) is 13.2 Å². The number of carboxylic acids is 1. The molecular formula is C9H18N2O3. The smallest absolute Gasteiger partial charge is 0.322 e. The Bertz CT molecular complexity index is 190. The molecule has 2 N–H and O–H groups in total. The van der Waals surface area contributed by atoms with Crippen LogP contribution >= 0.6 is 0 Å². The number of nitrogens with one attached hydrogen (secondary N) is 1. The minimum absolute atomic E-state index is 0.0790. The zero-order valence-electron chi connectivity index (χ0n) is 8.69. The first-order chi connectivity index (χ1) is 6.61. The number of nitrogens with zero attached hydrogens (tertiary/aromatic N) is 1. The summed E-state index contributed by atoms with van der Waals surface area (Å²) in [6.45, 7) is 6.61. The SMILES string of the molecule is CC(C)C(NN1CCOCC1)C(=O)O. The van der Waals surface area contributed by atoms with Gasteiger partial charge in [0.1, 0.15) is 6.04 Å². The highest BCUT2D eigenvalue weighted by Crippen LogP contribution is 2.04. The van der Waals surface area contributed by atoms with Crippen LogP contribution in [0.3, 0.4) is 0 Å². The Hall–Kier alpha value is -0.650. The lowest BCUT2D eigenvalue weighted by molar-refractivity contribution is -0.143. The molecule has 1 rings (SSSR count). The second-order valence-corrected chi connectivity index (χ2v) is 3.79. The van der Waals surface area contributed by atoms with Crippen molar-refractivity contribution in [1.29, 1.82) is 0 Å². The molecule has 0 amide bonds. The van der Waals surface area contributed by atoms with Gasteiger partial charge in [-0.05, 0) is 5.92 Å². The van der Waals surface area contributed by atoms with Gasteiger partial charge in [-0.2, -0.15) is 0 Å². The van der Waals surface area contributed by atoms with Gasteiger partial charge in [0.15, 0.2) is 0 Å². The van der Waals surface area contributed by atoms with Crippen LogP contribution in [-0.4, -0.2) is 48.4 Å². The monoisotopic (exact) mass is 202 g/mol. The van der Waals surface area contributed by atoms with Gasteiger partial charge in [-0.1, -0.05) is 13.8 Å². The van der Waals surface area contributed by atoms with Crippen molar-refractivity contribution in [3.05, 3.63) is 0 Å². The van der Waals surface area contributed by atoms with E-state index in [1.54, 1.807) is 0 Å². The Morgan fingerprint density at radius 2 is 2.00 bits per heavy atom. The quantitative estimate of drug-likeness (QED) is 0.668. The Morgan fingerprint density at radius 3 is 2.43 bits per heavy atom. The van der Waals surface area contributed by atoms with Gasteiger partial charge >= 0.3 is 5.97 Å². The van der Waals surface area contributed by atoms with E-state index in [0.717, 1.165) is 13.1 Å². The van der Waals surface area contributed by atoms with Crippen LogP contribution in [0.2, 0.25) is 0 Å². The van der Waals surface area contributed by atoms with Gasteiger partial charge in [0, 0.05) is 13.1 Å². The normalized spacial score (nSPS) is 21.1. The number of carbonyl (C=O) groups is 1. The van der Waals surface area contributed by atoms with Gasteiger partial charge in [0.2, 0.25) is 0 Å². The van der Waals surface area contributed by atoms with Crippen LogP contribution in [0.15, 0.2) is 0 Å². The topological polar surface area (TPSA) is 61.8 Å². The van der Waals surface area contributed by atoms with Crippen molar-refractivity contribution >= 4 is 5.97 Å². The number of rotatable bonds is 4. The largest absolute Gasteiger partial charge is 0.480 e. The predicted octanol–water partition coefficient (Wildman–Crippen LogP) is -0.0676. The number of ether oxygens (including phenoxy) is 1. The number of morpholine rings is 1. The molecule has 82 valence electrons. The first-order valence-electron chi connectivity index (χ1n) is 4.93. The third kappa shape index (κ3) is 3.25. The standard InChI is InChI=1S/C9H18N2O3/c1-7(2)8(9(12)13)10-11-3-5-14-6-4-11/h7-8,10H,3-6H2,1-2H3,(H,12,13). The molecule has 1 saturated heterocycles. The molecule has 1 atom stereocenters. The van der Waals surface area contributed by atoms with E-state index in [4.69, 9.17) is 9.84 Å². The Morgan fingerprint density at radius 1 is 1.43 bits per heavy atom. The number of hydrogen-bond donors (Lipinski definition) is 2. The summed E-state index contributed by atoms with van der Waals surface area (Å²) in [5.41, 5.74) is 3.01. The zero-order valence-corrected chi connectivity index (χ0v) is 8.69. The molecule has 5 heteroatoms. The van der Waals surface area contributed by atoms with Crippen molar-refractivity contribution in [2.75, 3.05) is 26.3 Å². The van der Waals surface area contributed by atoms with Crippen molar-refractivity contribution < 1.29 is 14.6 Å². The Kier molecular flexibility index (Phi) is 4.31. The molecule has 1 fully saturated rings. The summed E-state index contributed by atoms with van der Waals surface area (Å²) in [5, 5.41) is 10.9. The van der Waals surface area contributed by atoms with Gasteiger partial charge in [-0.3, -0.25) is 4.79 Å². The second kappa shape index (κ2) is 5.29. The van der Waals surface area contributed by atoms with Gasteiger partial charge < -0.3 is 9.84 Å². The fourth-order valence-electron chi connectivity index (χ4n) is 1.38. The molecule has 5 nitrogen and oxygen atoms in total. The summed E-state index contributed by atoms with van der Waals surface area (Å²) in [5.74, 6) is -0.721. The minimum atomic E-state index is -0.800. The highest BCUT2D eigenvalue weighted by molar-refractivity contribution is 5.73. The lowest BCUT2D eigenvalue weighted by Crippen LogP contribution is -2.54. The van der Waals surface area contributed by atoms with E-state index in [0.29, 0.717) is 13.2 Å². The Labute approximate surface area is 84.0 Å². The van der Waals surface area contributed by atoms with Crippen LogP contribution in [0.25, 0.3) is 0 Å². The highest BCUT2D eigenvalue weighted by Gasteiger charge is 2.24. The van der Waals surface area contributed by atoms with Gasteiger partial charge in [0.25, 0.3) is 0 Å². The van der Waals surface area contributed by atoms with E-state index in [-0.39, 0.29) is 5.92 Å². The lowest BCUT2D eigenvalue weighted by atomic mass is 10.1. The molecule has 0 aromatic carbocycles. The Balaban J connectivity index is 2.41. The maximum atomic E-state index is 10.9. The molecule has 0 aliphatic carbocycles. The molecule has 1 unspecified atom stereocenters. The van der Waals surface area contributed by atoms with E-state index in [1.165, 1.54) is 0 Å². The van der Waals surface area contributed by atoms with Crippen molar-refractivity contribution in [2.45, 2.75) is 19.9 Å². The summed E-state index contributed by atoms with van der Waals surface area (Å²) < 4.78 is 5.17. The van der Waals surface area contributed by atoms with E-state index >= 15 is 0 Å². The zero-order chi connectivity index (χ0) is 10.6. The molecule has 0 spiro atoms. The number of hydrogen-bond acceptors (Lipinski definition) is 4. The summed E-state index contributed by atoms with van der Waals surface area (Å²) in [7, 11) is 0. The third-order valence-corrected chi connectivity index (χ3v) is 2.27. The average molecular weight is 202 g/mol. The average Bonchev–Trinajstić information content (AvgIpc) is 2.15. The van der Waals surface area contributed by atoms with Crippen LogP contribution < -0.4 is 5.43 Å². The molecule has 0 bridgehead atoms. The number of aliphatic carboxylic acids is 1. The predicted molar refractivity (Wildman–Crippen MR) is 51.8 cm³/mol. The van der Waals surface area contributed by atoms with E-state index < -0.39 is 12.0 Å². The van der Waals surface area contributed by atoms with Gasteiger partial charge in [-0.25, -0.2) is 10.4 Å². The molecule has 0 aromatic rings. The van der Waals surface area contributed by atoms with Gasteiger partial charge in [-0.15, -0.1) is 0 Å². The minimum Gasteiger partial charge on any atom is -0.480 e. The van der Waals surface area contributed by atoms with Crippen molar-refractivity contribution in [1.82, 2.24) is 10.4 Å². The second-order valence-electron chi connectivity index (χ2n) is 3.79. The van der Waals surface area contributed by atoms with E-state index in [2.05, 4.69) is 5.43 Å². The molecule has 1 heterocycles. The molecule has 1 aliphatic rings. The van der Waals surface area contributed by atoms with Crippen molar-refractivity contribution in [3.8, 4) is 0 Å². The fourth-order valence-corrected chi connectivity index (χ4v) is 1.38. The fraction of sp³-hybridized carbons (Fsp3) is 0.889. The molecule has 1 aliphatic heterocycles. The maximum Gasteiger partial charge on any atom is 0.322 e. The third-order valence-electron chi connectivity index (χ3n) is 2.27. The molecule has 14 heavy (non-hydrogen) atoms. The summed E-state index contributed by atoms with van der Waals surface area (Å²) in [6, 6.07) is -0.506. The number of hydrazine groups is 1. The first kappa shape index (κ1) is 11.4. The van der Waals surface area contributed by atoms with Crippen LogP contribution in [0.4, 0.5) is 0 Å². The van der Waals surface area contributed by atoms with Crippen LogP contribution in [-0.2, 0) is 9.53 Å². The highest BCUT2D eigenvalue weighted by atomic mass is 16.5. The van der Waals surface area contributed by atoms with Crippen LogP contribution in [0, 0.1) is 5.92 Å². The molecule has 0 radical (unpaired) electrons. The molecule has 0 aromatic heterocycles. The van der Waals surface area contributed by atoms with E-state index in [1.807, 2.05) is 18.9 Å². The first-order valence-corrected chi connectivity index (χ1v) is 4.93.